The molecule has 5 nitrogen and oxygen atoms in total. The SMILES string of the molecule is C=C(CC(C)(O)C(C)(C)O)c1ccc(F)cc1.OB(O)O. The van der Waals surface area contributed by atoms with Crippen LogP contribution in [0.1, 0.15) is 32.8 Å². The molecular formula is C14H22BFO5. The second-order valence-electron chi connectivity index (χ2n) is 5.47. The van der Waals surface area contributed by atoms with Crippen molar-refractivity contribution in [3.8, 4) is 0 Å². The van der Waals surface area contributed by atoms with Crippen LogP contribution in [0.2, 0.25) is 0 Å². The quantitative estimate of drug-likeness (QED) is 0.527. The van der Waals surface area contributed by atoms with Gasteiger partial charge in [0.2, 0.25) is 0 Å². The van der Waals surface area contributed by atoms with Crippen LogP contribution in [0.15, 0.2) is 30.8 Å². The molecule has 0 heterocycles. The molecule has 0 aliphatic heterocycles. The molecule has 1 aromatic carbocycles. The third-order valence-corrected chi connectivity index (χ3v) is 3.13. The minimum atomic E-state index is -2.17. The minimum Gasteiger partial charge on any atom is -0.402 e. The lowest BCUT2D eigenvalue weighted by Crippen LogP contribution is -2.47. The number of aliphatic hydroxyl groups is 2. The molecule has 0 aliphatic carbocycles. The van der Waals surface area contributed by atoms with E-state index in [0.29, 0.717) is 5.57 Å². The van der Waals surface area contributed by atoms with Crippen molar-refractivity contribution >= 4 is 12.9 Å². The Balaban J connectivity index is 0.000000885. The molecule has 0 saturated carbocycles. The van der Waals surface area contributed by atoms with Gasteiger partial charge in [-0.25, -0.2) is 4.39 Å². The van der Waals surface area contributed by atoms with E-state index in [1.54, 1.807) is 32.9 Å². The Morgan fingerprint density at radius 3 is 1.81 bits per heavy atom. The predicted molar refractivity (Wildman–Crippen MR) is 79.4 cm³/mol. The molecule has 1 unspecified atom stereocenters. The molecule has 0 amide bonds. The Morgan fingerprint density at radius 2 is 1.48 bits per heavy atom. The third kappa shape index (κ3) is 7.36. The molecule has 1 rings (SSSR count). The normalized spacial score (nSPS) is 13.8. The minimum absolute atomic E-state index is 0.224. The molecule has 0 aliphatic rings. The monoisotopic (exact) mass is 300 g/mol. The summed E-state index contributed by atoms with van der Waals surface area (Å²) in [5.41, 5.74) is -1.08. The van der Waals surface area contributed by atoms with Gasteiger partial charge in [-0.1, -0.05) is 18.7 Å². The van der Waals surface area contributed by atoms with Gasteiger partial charge in [-0.05, 0) is 44.0 Å². The molecule has 1 atom stereocenters. The van der Waals surface area contributed by atoms with Crippen molar-refractivity contribution in [3.63, 3.8) is 0 Å². The van der Waals surface area contributed by atoms with Crippen molar-refractivity contribution in [3.05, 3.63) is 42.2 Å². The summed E-state index contributed by atoms with van der Waals surface area (Å²) in [6, 6.07) is 5.91. The van der Waals surface area contributed by atoms with Crippen molar-refractivity contribution in [1.82, 2.24) is 0 Å². The molecule has 21 heavy (non-hydrogen) atoms. The summed E-state index contributed by atoms with van der Waals surface area (Å²) in [5, 5.41) is 41.5. The molecule has 0 spiro atoms. The zero-order valence-corrected chi connectivity index (χ0v) is 12.4. The first-order chi connectivity index (χ1) is 9.36. The van der Waals surface area contributed by atoms with E-state index in [2.05, 4.69) is 6.58 Å². The highest BCUT2D eigenvalue weighted by atomic mass is 19.1. The third-order valence-electron chi connectivity index (χ3n) is 3.13. The van der Waals surface area contributed by atoms with Gasteiger partial charge in [-0.3, -0.25) is 0 Å². The van der Waals surface area contributed by atoms with Crippen molar-refractivity contribution in [2.45, 2.75) is 38.4 Å². The lowest BCUT2D eigenvalue weighted by molar-refractivity contribution is -0.116. The fourth-order valence-corrected chi connectivity index (χ4v) is 1.42. The Bertz CT molecular complexity index is 449. The molecule has 0 aromatic heterocycles. The number of hydrogen-bond donors (Lipinski definition) is 5. The zero-order chi connectivity index (χ0) is 16.8. The Kier molecular flexibility index (Phi) is 7.22. The molecule has 0 saturated heterocycles. The lowest BCUT2D eigenvalue weighted by Gasteiger charge is -2.36. The van der Waals surface area contributed by atoms with E-state index in [1.807, 2.05) is 0 Å². The predicted octanol–water partition coefficient (Wildman–Crippen LogP) is 0.699. The molecule has 0 fully saturated rings. The molecule has 7 heteroatoms. The number of rotatable bonds is 4. The second kappa shape index (κ2) is 7.67. The van der Waals surface area contributed by atoms with Crippen molar-refractivity contribution in [1.29, 1.82) is 0 Å². The van der Waals surface area contributed by atoms with Crippen LogP contribution in [-0.2, 0) is 0 Å². The summed E-state index contributed by atoms with van der Waals surface area (Å²) in [6.45, 7) is 8.51. The van der Waals surface area contributed by atoms with Crippen LogP contribution in [0.3, 0.4) is 0 Å². The van der Waals surface area contributed by atoms with E-state index < -0.39 is 18.5 Å². The van der Waals surface area contributed by atoms with Gasteiger partial charge in [0.25, 0.3) is 0 Å². The highest BCUT2D eigenvalue weighted by Crippen LogP contribution is 2.31. The Labute approximate surface area is 124 Å². The Morgan fingerprint density at radius 1 is 1.10 bits per heavy atom. The molecule has 1 aromatic rings. The Hall–Kier alpha value is -1.25. The van der Waals surface area contributed by atoms with Crippen LogP contribution in [0.4, 0.5) is 4.39 Å². The summed E-state index contributed by atoms with van der Waals surface area (Å²) in [5.74, 6) is -0.309. The van der Waals surface area contributed by atoms with Crippen LogP contribution >= 0.6 is 0 Å². The number of halogens is 1. The van der Waals surface area contributed by atoms with Crippen LogP contribution in [-0.4, -0.2) is 43.8 Å². The highest BCUT2D eigenvalue weighted by molar-refractivity contribution is 6.30. The fraction of sp³-hybridized carbons (Fsp3) is 0.429. The second-order valence-corrected chi connectivity index (χ2v) is 5.47. The van der Waals surface area contributed by atoms with E-state index in [4.69, 9.17) is 15.1 Å². The topological polar surface area (TPSA) is 101 Å². The van der Waals surface area contributed by atoms with E-state index >= 15 is 0 Å². The smallest absolute Gasteiger partial charge is 0.402 e. The highest BCUT2D eigenvalue weighted by Gasteiger charge is 2.37. The van der Waals surface area contributed by atoms with Crippen molar-refractivity contribution < 1.29 is 29.7 Å². The van der Waals surface area contributed by atoms with Crippen LogP contribution in [0.5, 0.6) is 0 Å². The fourth-order valence-electron chi connectivity index (χ4n) is 1.42. The standard InChI is InChI=1S/C14H19FO2.BH3O3/c1-10(9-14(4,17)13(2,3)16)11-5-7-12(15)8-6-11;2-1(3)4/h5-8,16-17H,1,9H2,2-4H3;2-4H. The summed E-state index contributed by atoms with van der Waals surface area (Å²) in [7, 11) is -2.17. The van der Waals surface area contributed by atoms with Gasteiger partial charge in [0.1, 0.15) is 5.82 Å². The molecule has 0 radical (unpaired) electrons. The first-order valence-electron chi connectivity index (χ1n) is 6.29. The van der Waals surface area contributed by atoms with E-state index in [-0.39, 0.29) is 12.2 Å². The molecule has 0 bridgehead atoms. The average Bonchev–Trinajstić information content (AvgIpc) is 2.26. The van der Waals surface area contributed by atoms with Gasteiger partial charge >= 0.3 is 7.32 Å². The molecule has 118 valence electrons. The maximum atomic E-state index is 12.8. The van der Waals surface area contributed by atoms with Crippen LogP contribution < -0.4 is 0 Å². The van der Waals surface area contributed by atoms with Crippen molar-refractivity contribution in [2.24, 2.45) is 0 Å². The number of benzene rings is 1. The maximum absolute atomic E-state index is 12.8. The lowest BCUT2D eigenvalue weighted by atomic mass is 9.81. The van der Waals surface area contributed by atoms with Gasteiger partial charge in [0, 0.05) is 6.42 Å². The van der Waals surface area contributed by atoms with Crippen LogP contribution in [0, 0.1) is 5.82 Å². The zero-order valence-electron chi connectivity index (χ0n) is 12.4. The van der Waals surface area contributed by atoms with Gasteiger partial charge < -0.3 is 25.3 Å². The van der Waals surface area contributed by atoms with Crippen LogP contribution in [0.25, 0.3) is 5.57 Å². The largest absolute Gasteiger partial charge is 0.631 e. The maximum Gasteiger partial charge on any atom is 0.631 e. The van der Waals surface area contributed by atoms with Gasteiger partial charge in [0.15, 0.2) is 0 Å². The molecule has 5 N–H and O–H groups in total. The van der Waals surface area contributed by atoms with E-state index in [9.17, 15) is 14.6 Å². The first-order valence-corrected chi connectivity index (χ1v) is 6.29. The summed E-state index contributed by atoms with van der Waals surface area (Å²) in [6.07, 6.45) is 0.224. The summed E-state index contributed by atoms with van der Waals surface area (Å²) in [4.78, 5) is 0. The van der Waals surface area contributed by atoms with Crippen molar-refractivity contribution in [2.75, 3.05) is 0 Å². The first kappa shape index (κ1) is 19.8. The van der Waals surface area contributed by atoms with Gasteiger partial charge in [-0.2, -0.15) is 0 Å². The average molecular weight is 300 g/mol. The number of hydrogen-bond acceptors (Lipinski definition) is 5. The van der Waals surface area contributed by atoms with Gasteiger partial charge in [-0.15, -0.1) is 0 Å². The van der Waals surface area contributed by atoms with E-state index in [0.717, 1.165) is 5.56 Å². The summed E-state index contributed by atoms with van der Waals surface area (Å²) >= 11 is 0. The van der Waals surface area contributed by atoms with E-state index in [1.165, 1.54) is 12.1 Å². The molecular weight excluding hydrogens is 278 g/mol. The summed E-state index contributed by atoms with van der Waals surface area (Å²) < 4.78 is 12.8. The van der Waals surface area contributed by atoms with Gasteiger partial charge in [0.05, 0.1) is 11.2 Å².